The largest absolute Gasteiger partial charge is 0.479 e. The number of hydrogen-bond acceptors (Lipinski definition) is 3. The number of halogens is 1. The van der Waals surface area contributed by atoms with Gasteiger partial charge in [0.25, 0.3) is 0 Å². The second kappa shape index (κ2) is 10.6. The minimum Gasteiger partial charge on any atom is -0.479 e. The van der Waals surface area contributed by atoms with Crippen LogP contribution in [-0.2, 0) is 15.1 Å². The van der Waals surface area contributed by atoms with Crippen LogP contribution in [0.5, 0.6) is 0 Å². The van der Waals surface area contributed by atoms with Crippen molar-refractivity contribution in [3.05, 3.63) is 71.8 Å². The van der Waals surface area contributed by atoms with E-state index in [2.05, 4.69) is 11.9 Å². The highest BCUT2D eigenvalue weighted by Crippen LogP contribution is 2.35. The van der Waals surface area contributed by atoms with E-state index in [4.69, 9.17) is 4.74 Å². The molecule has 1 aliphatic rings. The number of rotatable bonds is 8. The van der Waals surface area contributed by atoms with Crippen molar-refractivity contribution in [2.75, 3.05) is 26.7 Å². The van der Waals surface area contributed by atoms with Gasteiger partial charge in [0.1, 0.15) is 0 Å². The lowest BCUT2D eigenvalue weighted by Crippen LogP contribution is -2.40. The number of nitrogens with zero attached hydrogens (tertiary/aromatic N) is 1. The quantitative estimate of drug-likeness (QED) is 0.655. The number of aliphatic carboxylic acids is 1. The van der Waals surface area contributed by atoms with Gasteiger partial charge in [-0.25, -0.2) is 4.79 Å². The van der Waals surface area contributed by atoms with Crippen LogP contribution in [0.1, 0.15) is 36.8 Å². The van der Waals surface area contributed by atoms with E-state index in [0.29, 0.717) is 17.7 Å². The zero-order chi connectivity index (χ0) is 19.1. The molecule has 152 valence electrons. The first-order chi connectivity index (χ1) is 13.1. The highest BCUT2D eigenvalue weighted by Gasteiger charge is 2.43. The molecule has 0 aliphatic carbocycles. The van der Waals surface area contributed by atoms with Crippen molar-refractivity contribution in [2.45, 2.75) is 31.3 Å². The molecular formula is C23H30ClNO3. The molecule has 28 heavy (non-hydrogen) atoms. The lowest BCUT2D eigenvalue weighted by atomic mass is 9.86. The van der Waals surface area contributed by atoms with E-state index in [0.717, 1.165) is 31.8 Å². The van der Waals surface area contributed by atoms with Gasteiger partial charge in [0.15, 0.2) is 0 Å². The number of benzene rings is 2. The van der Waals surface area contributed by atoms with Gasteiger partial charge >= 0.3 is 5.97 Å². The minimum absolute atomic E-state index is 0. The molecule has 5 heteroatoms. The average Bonchev–Trinajstić information content (AvgIpc) is 2.71. The summed E-state index contributed by atoms with van der Waals surface area (Å²) in [5.74, 6) is -0.253. The molecule has 1 heterocycles. The summed E-state index contributed by atoms with van der Waals surface area (Å²) in [7, 11) is 2.17. The standard InChI is InChI=1S/C23H29NO3.ClH/c1-24-16-14-19(15-17-24)9-8-18-27-23(22(25)26,20-10-4-2-5-11-20)21-12-6-3-7-13-21;/h2-7,10-13,19H,8-9,14-18H2,1H3,(H,25,26);1H. The Morgan fingerprint density at radius 1 is 1.04 bits per heavy atom. The molecule has 2 aromatic carbocycles. The van der Waals surface area contributed by atoms with E-state index in [1.54, 1.807) is 0 Å². The van der Waals surface area contributed by atoms with Gasteiger partial charge in [-0.2, -0.15) is 0 Å². The number of piperidine rings is 1. The predicted molar refractivity (Wildman–Crippen MR) is 114 cm³/mol. The van der Waals surface area contributed by atoms with Gasteiger partial charge in [-0.3, -0.25) is 0 Å². The number of ether oxygens (including phenoxy) is 1. The molecule has 2 aromatic rings. The van der Waals surface area contributed by atoms with Gasteiger partial charge in [0, 0.05) is 6.61 Å². The summed E-state index contributed by atoms with van der Waals surface area (Å²) in [6, 6.07) is 18.5. The Kier molecular flexibility index (Phi) is 8.49. The molecule has 0 unspecified atom stereocenters. The molecule has 1 fully saturated rings. The van der Waals surface area contributed by atoms with Crippen molar-refractivity contribution in [2.24, 2.45) is 5.92 Å². The summed E-state index contributed by atoms with van der Waals surface area (Å²) in [6.45, 7) is 2.74. The Morgan fingerprint density at radius 2 is 1.54 bits per heavy atom. The maximum Gasteiger partial charge on any atom is 0.345 e. The SMILES string of the molecule is CN1CCC(CCCOC(C(=O)O)(c2ccccc2)c2ccccc2)CC1.Cl. The summed E-state index contributed by atoms with van der Waals surface area (Å²) < 4.78 is 6.17. The second-order valence-corrected chi connectivity index (χ2v) is 7.46. The first-order valence-electron chi connectivity index (χ1n) is 9.80. The van der Waals surface area contributed by atoms with Crippen molar-refractivity contribution in [3.63, 3.8) is 0 Å². The smallest absolute Gasteiger partial charge is 0.345 e. The van der Waals surface area contributed by atoms with E-state index < -0.39 is 11.6 Å². The fraction of sp³-hybridized carbons (Fsp3) is 0.435. The van der Waals surface area contributed by atoms with E-state index in [1.165, 1.54) is 12.8 Å². The third kappa shape index (κ3) is 5.13. The fourth-order valence-electron chi connectivity index (χ4n) is 3.94. The average molecular weight is 404 g/mol. The Morgan fingerprint density at radius 3 is 2.00 bits per heavy atom. The number of hydrogen-bond donors (Lipinski definition) is 1. The molecule has 1 saturated heterocycles. The first kappa shape index (κ1) is 22.4. The van der Waals surface area contributed by atoms with Crippen LogP contribution < -0.4 is 0 Å². The third-order valence-electron chi connectivity index (χ3n) is 5.58. The van der Waals surface area contributed by atoms with Crippen LogP contribution in [0.3, 0.4) is 0 Å². The van der Waals surface area contributed by atoms with Crippen LogP contribution in [0.4, 0.5) is 0 Å². The summed E-state index contributed by atoms with van der Waals surface area (Å²) in [5.41, 5.74) is -0.152. The summed E-state index contributed by atoms with van der Waals surface area (Å²) in [5, 5.41) is 10.2. The predicted octanol–water partition coefficient (Wildman–Crippen LogP) is 4.58. The molecule has 0 spiro atoms. The number of carboxylic acid groups (broad SMARTS) is 1. The van der Waals surface area contributed by atoms with Crippen LogP contribution in [0.2, 0.25) is 0 Å². The molecule has 0 saturated carbocycles. The topological polar surface area (TPSA) is 49.8 Å². The normalized spacial score (nSPS) is 15.8. The zero-order valence-electron chi connectivity index (χ0n) is 16.4. The minimum atomic E-state index is -1.46. The molecule has 3 rings (SSSR count). The molecule has 0 amide bonds. The Hall–Kier alpha value is -1.88. The highest BCUT2D eigenvalue weighted by molar-refractivity contribution is 5.85. The van der Waals surface area contributed by atoms with Crippen molar-refractivity contribution >= 4 is 18.4 Å². The van der Waals surface area contributed by atoms with Crippen molar-refractivity contribution in [1.29, 1.82) is 0 Å². The molecule has 1 N–H and O–H groups in total. The Bertz CT molecular complexity index is 676. The molecule has 0 bridgehead atoms. The lowest BCUT2D eigenvalue weighted by Gasteiger charge is -2.32. The first-order valence-corrected chi connectivity index (χ1v) is 9.80. The van der Waals surface area contributed by atoms with Gasteiger partial charge in [-0.15, -0.1) is 12.4 Å². The van der Waals surface area contributed by atoms with Gasteiger partial charge in [-0.1, -0.05) is 60.7 Å². The zero-order valence-corrected chi connectivity index (χ0v) is 17.2. The van der Waals surface area contributed by atoms with Crippen LogP contribution in [-0.4, -0.2) is 42.7 Å². The second-order valence-electron chi connectivity index (χ2n) is 7.46. The number of carboxylic acids is 1. The van der Waals surface area contributed by atoms with Crippen LogP contribution in [0.25, 0.3) is 0 Å². The van der Waals surface area contributed by atoms with Crippen molar-refractivity contribution < 1.29 is 14.6 Å². The molecular weight excluding hydrogens is 374 g/mol. The van der Waals surface area contributed by atoms with E-state index in [9.17, 15) is 9.90 Å². The molecule has 0 aromatic heterocycles. The van der Waals surface area contributed by atoms with E-state index in [-0.39, 0.29) is 12.4 Å². The molecule has 0 atom stereocenters. The van der Waals surface area contributed by atoms with Crippen LogP contribution in [0.15, 0.2) is 60.7 Å². The summed E-state index contributed by atoms with van der Waals surface area (Å²) in [6.07, 6.45) is 4.41. The van der Waals surface area contributed by atoms with Crippen molar-refractivity contribution in [3.8, 4) is 0 Å². The van der Waals surface area contributed by atoms with Crippen LogP contribution >= 0.6 is 12.4 Å². The van der Waals surface area contributed by atoms with E-state index in [1.807, 2.05) is 60.7 Å². The van der Waals surface area contributed by atoms with Crippen molar-refractivity contribution in [1.82, 2.24) is 4.90 Å². The maximum absolute atomic E-state index is 12.4. The van der Waals surface area contributed by atoms with E-state index >= 15 is 0 Å². The fourth-order valence-corrected chi connectivity index (χ4v) is 3.94. The van der Waals surface area contributed by atoms with Gasteiger partial charge in [-0.05, 0) is 62.9 Å². The number of likely N-dealkylation sites (tertiary alicyclic amines) is 1. The van der Waals surface area contributed by atoms with Gasteiger partial charge < -0.3 is 14.7 Å². The number of carbonyl (C=O) groups is 1. The molecule has 0 radical (unpaired) electrons. The van der Waals surface area contributed by atoms with Gasteiger partial charge in [0.2, 0.25) is 5.60 Å². The van der Waals surface area contributed by atoms with Crippen LogP contribution in [0, 0.1) is 5.92 Å². The highest BCUT2D eigenvalue weighted by atomic mass is 35.5. The molecule has 4 nitrogen and oxygen atoms in total. The Balaban J connectivity index is 0.00000280. The maximum atomic E-state index is 12.4. The lowest BCUT2D eigenvalue weighted by molar-refractivity contribution is -0.162. The third-order valence-corrected chi connectivity index (χ3v) is 5.58. The monoisotopic (exact) mass is 403 g/mol. The van der Waals surface area contributed by atoms with Gasteiger partial charge in [0.05, 0.1) is 0 Å². The summed E-state index contributed by atoms with van der Waals surface area (Å²) >= 11 is 0. The molecule has 1 aliphatic heterocycles. The Labute approximate surface area is 173 Å². The summed E-state index contributed by atoms with van der Waals surface area (Å²) in [4.78, 5) is 14.8.